The fourth-order valence-corrected chi connectivity index (χ4v) is 3.85. The minimum Gasteiger partial charge on any atom is -0.481 e. The average Bonchev–Trinajstić information content (AvgIpc) is 2.44. The van der Waals surface area contributed by atoms with Gasteiger partial charge in [-0.3, -0.25) is 9.59 Å². The van der Waals surface area contributed by atoms with Gasteiger partial charge in [0, 0.05) is 0 Å². The molecule has 1 aliphatic carbocycles. The van der Waals surface area contributed by atoms with Crippen molar-refractivity contribution in [2.24, 2.45) is 16.7 Å². The Morgan fingerprint density at radius 1 is 1.00 bits per heavy atom. The van der Waals surface area contributed by atoms with E-state index >= 15 is 0 Å². The lowest BCUT2D eigenvalue weighted by Gasteiger charge is -2.46. The number of carboxylic acid groups (broad SMARTS) is 2. The van der Waals surface area contributed by atoms with E-state index < -0.39 is 22.8 Å². The largest absolute Gasteiger partial charge is 0.481 e. The van der Waals surface area contributed by atoms with Gasteiger partial charge in [-0.1, -0.05) is 58.6 Å². The maximum absolute atomic E-state index is 12.1. The lowest BCUT2D eigenvalue weighted by Crippen LogP contribution is -2.53. The Kier molecular flexibility index (Phi) is 6.64. The van der Waals surface area contributed by atoms with Crippen LogP contribution in [0.15, 0.2) is 12.2 Å². The summed E-state index contributed by atoms with van der Waals surface area (Å²) in [5, 5.41) is 19.8. The standard InChI is InChI=1S/C18H30O4/c1-4-10-17(15(19)20)12-7-8-13-18(17,16(21)22)11-6-5-9-14(2)3/h7-8,14H,4-6,9-13H2,1-3H3,(H,19,20)(H,21,22). The molecule has 0 saturated carbocycles. The third-order valence-corrected chi connectivity index (χ3v) is 5.15. The Morgan fingerprint density at radius 3 is 1.91 bits per heavy atom. The van der Waals surface area contributed by atoms with Crippen molar-refractivity contribution in [2.75, 3.05) is 0 Å². The molecule has 4 nitrogen and oxygen atoms in total. The van der Waals surface area contributed by atoms with E-state index in [0.717, 1.165) is 19.3 Å². The van der Waals surface area contributed by atoms with Gasteiger partial charge in [0.05, 0.1) is 10.8 Å². The molecule has 0 heterocycles. The van der Waals surface area contributed by atoms with Crippen molar-refractivity contribution in [3.05, 3.63) is 12.2 Å². The second-order valence-corrected chi connectivity index (χ2v) is 7.04. The maximum atomic E-state index is 12.1. The van der Waals surface area contributed by atoms with Crippen LogP contribution in [-0.2, 0) is 9.59 Å². The highest BCUT2D eigenvalue weighted by Gasteiger charge is 2.60. The van der Waals surface area contributed by atoms with Gasteiger partial charge in [0.2, 0.25) is 0 Å². The van der Waals surface area contributed by atoms with Gasteiger partial charge in [-0.05, 0) is 31.6 Å². The molecule has 0 spiro atoms. The van der Waals surface area contributed by atoms with Crippen LogP contribution in [0.3, 0.4) is 0 Å². The highest BCUT2D eigenvalue weighted by atomic mass is 16.4. The van der Waals surface area contributed by atoms with Gasteiger partial charge in [0.15, 0.2) is 0 Å². The molecule has 0 aromatic carbocycles. The van der Waals surface area contributed by atoms with Crippen LogP contribution in [0.5, 0.6) is 0 Å². The molecule has 0 radical (unpaired) electrons. The first kappa shape index (κ1) is 18.7. The summed E-state index contributed by atoms with van der Waals surface area (Å²) in [5.74, 6) is -1.31. The molecule has 22 heavy (non-hydrogen) atoms. The third kappa shape index (κ3) is 3.53. The van der Waals surface area contributed by atoms with E-state index in [2.05, 4.69) is 13.8 Å². The van der Waals surface area contributed by atoms with Gasteiger partial charge in [-0.15, -0.1) is 0 Å². The molecule has 0 saturated heterocycles. The summed E-state index contributed by atoms with van der Waals surface area (Å²) in [4.78, 5) is 24.1. The van der Waals surface area contributed by atoms with E-state index in [1.807, 2.05) is 19.1 Å². The first-order valence-corrected chi connectivity index (χ1v) is 8.44. The van der Waals surface area contributed by atoms with Crippen LogP contribution in [0.1, 0.15) is 72.1 Å². The molecule has 0 amide bonds. The normalized spacial score (nSPS) is 28.0. The van der Waals surface area contributed by atoms with E-state index in [4.69, 9.17) is 0 Å². The maximum Gasteiger partial charge on any atom is 0.311 e. The van der Waals surface area contributed by atoms with Crippen LogP contribution >= 0.6 is 0 Å². The number of carboxylic acids is 2. The summed E-state index contributed by atoms with van der Waals surface area (Å²) in [6, 6.07) is 0. The number of hydrogen-bond acceptors (Lipinski definition) is 2. The molecular weight excluding hydrogens is 280 g/mol. The van der Waals surface area contributed by atoms with E-state index in [1.165, 1.54) is 0 Å². The summed E-state index contributed by atoms with van der Waals surface area (Å²) < 4.78 is 0. The summed E-state index contributed by atoms with van der Waals surface area (Å²) in [5.41, 5.74) is -2.33. The van der Waals surface area contributed by atoms with E-state index in [-0.39, 0.29) is 0 Å². The minimum absolute atomic E-state index is 0.326. The smallest absolute Gasteiger partial charge is 0.311 e. The van der Waals surface area contributed by atoms with Gasteiger partial charge >= 0.3 is 11.9 Å². The Balaban J connectivity index is 3.07. The van der Waals surface area contributed by atoms with E-state index in [0.29, 0.717) is 38.0 Å². The molecule has 0 aromatic rings. The SMILES string of the molecule is CCCC1(C(=O)O)CC=CCC1(CCCCC(C)C)C(=O)O. The minimum atomic E-state index is -1.17. The second kappa shape index (κ2) is 7.80. The number of hydrogen-bond donors (Lipinski definition) is 2. The van der Waals surface area contributed by atoms with Crippen molar-refractivity contribution in [3.63, 3.8) is 0 Å². The fraction of sp³-hybridized carbons (Fsp3) is 0.778. The predicted molar refractivity (Wildman–Crippen MR) is 86.7 cm³/mol. The molecule has 1 aliphatic rings. The zero-order valence-corrected chi connectivity index (χ0v) is 14.1. The highest BCUT2D eigenvalue weighted by molar-refractivity contribution is 5.87. The molecule has 2 N–H and O–H groups in total. The number of aliphatic carboxylic acids is 2. The molecule has 1 rings (SSSR count). The fourth-order valence-electron chi connectivity index (χ4n) is 3.85. The van der Waals surface area contributed by atoms with Gasteiger partial charge in [0.1, 0.15) is 0 Å². The quantitative estimate of drug-likeness (QED) is 0.486. The van der Waals surface area contributed by atoms with Crippen LogP contribution in [0.25, 0.3) is 0 Å². The van der Waals surface area contributed by atoms with Crippen molar-refractivity contribution in [3.8, 4) is 0 Å². The van der Waals surface area contributed by atoms with Crippen molar-refractivity contribution in [1.29, 1.82) is 0 Å². The number of unbranched alkanes of at least 4 members (excludes halogenated alkanes) is 1. The van der Waals surface area contributed by atoms with Gasteiger partial charge in [0.25, 0.3) is 0 Å². The van der Waals surface area contributed by atoms with Crippen LogP contribution in [0, 0.1) is 16.7 Å². The molecule has 0 bridgehead atoms. The molecule has 0 aromatic heterocycles. The van der Waals surface area contributed by atoms with Gasteiger partial charge in [-0.25, -0.2) is 0 Å². The monoisotopic (exact) mass is 310 g/mol. The molecular formula is C18H30O4. The summed E-state index contributed by atoms with van der Waals surface area (Å²) in [6.07, 6.45) is 8.69. The lowest BCUT2D eigenvalue weighted by molar-refractivity contribution is -0.177. The van der Waals surface area contributed by atoms with Crippen molar-refractivity contribution < 1.29 is 19.8 Å². The Labute approximate surface area is 133 Å². The molecule has 126 valence electrons. The summed E-state index contributed by atoms with van der Waals surface area (Å²) >= 11 is 0. The van der Waals surface area contributed by atoms with Gasteiger partial charge < -0.3 is 10.2 Å². The van der Waals surface area contributed by atoms with Crippen molar-refractivity contribution in [2.45, 2.75) is 72.1 Å². The predicted octanol–water partition coefficient (Wildman–Crippen LogP) is 4.49. The lowest BCUT2D eigenvalue weighted by atomic mass is 9.54. The zero-order valence-electron chi connectivity index (χ0n) is 14.1. The molecule has 4 heteroatoms. The first-order chi connectivity index (χ1) is 10.3. The van der Waals surface area contributed by atoms with Crippen LogP contribution in [0.4, 0.5) is 0 Å². The van der Waals surface area contributed by atoms with Crippen LogP contribution in [0.2, 0.25) is 0 Å². The first-order valence-electron chi connectivity index (χ1n) is 8.44. The Bertz CT molecular complexity index is 427. The Hall–Kier alpha value is -1.32. The zero-order chi connectivity index (χ0) is 16.8. The third-order valence-electron chi connectivity index (χ3n) is 5.15. The highest BCUT2D eigenvalue weighted by Crippen LogP contribution is 2.54. The Morgan fingerprint density at radius 2 is 1.50 bits per heavy atom. The van der Waals surface area contributed by atoms with Crippen molar-refractivity contribution >= 4 is 11.9 Å². The van der Waals surface area contributed by atoms with E-state index in [9.17, 15) is 19.8 Å². The van der Waals surface area contributed by atoms with Crippen LogP contribution < -0.4 is 0 Å². The van der Waals surface area contributed by atoms with E-state index in [1.54, 1.807) is 0 Å². The van der Waals surface area contributed by atoms with Crippen molar-refractivity contribution in [1.82, 2.24) is 0 Å². The van der Waals surface area contributed by atoms with Gasteiger partial charge in [-0.2, -0.15) is 0 Å². The summed E-state index contributed by atoms with van der Waals surface area (Å²) in [7, 11) is 0. The molecule has 2 atom stereocenters. The number of rotatable bonds is 9. The van der Waals surface area contributed by atoms with Crippen LogP contribution in [-0.4, -0.2) is 22.2 Å². The topological polar surface area (TPSA) is 74.6 Å². The summed E-state index contributed by atoms with van der Waals surface area (Å²) in [6.45, 7) is 6.22. The average molecular weight is 310 g/mol. The number of allylic oxidation sites excluding steroid dienone is 2. The molecule has 2 unspecified atom stereocenters. The molecule has 0 fully saturated rings. The number of carbonyl (C=O) groups is 2. The second-order valence-electron chi connectivity index (χ2n) is 7.04. The molecule has 0 aliphatic heterocycles.